The molecule has 0 N–H and O–H groups in total. The van der Waals surface area contributed by atoms with Gasteiger partial charge in [0.05, 0.1) is 0 Å². The summed E-state index contributed by atoms with van der Waals surface area (Å²) >= 11 is 0. The van der Waals surface area contributed by atoms with Gasteiger partial charge in [-0.05, 0) is 67.6 Å². The van der Waals surface area contributed by atoms with Gasteiger partial charge in [0.25, 0.3) is 0 Å². The topological polar surface area (TPSA) is 35.5 Å². The van der Waals surface area contributed by atoms with Gasteiger partial charge in [0, 0.05) is 38.9 Å². The molecule has 4 aliphatic carbocycles. The highest BCUT2D eigenvalue weighted by Gasteiger charge is 2.61. The van der Waals surface area contributed by atoms with Crippen molar-refractivity contribution in [3.63, 3.8) is 0 Å². The molecule has 4 fully saturated rings. The van der Waals surface area contributed by atoms with E-state index >= 15 is 0 Å². The van der Waals surface area contributed by atoms with Gasteiger partial charge in [-0.15, -0.1) is 0 Å². The third-order valence-electron chi connectivity index (χ3n) is 9.12. The van der Waals surface area contributed by atoms with Crippen molar-refractivity contribution in [2.24, 2.45) is 34.5 Å². The molecule has 0 unspecified atom stereocenters. The van der Waals surface area contributed by atoms with Crippen molar-refractivity contribution in [3.8, 4) is 0 Å². The molecule has 0 aromatic rings. The lowest BCUT2D eigenvalue weighted by molar-refractivity contribution is -0.261. The first-order valence-corrected chi connectivity index (χ1v) is 10.0. The molecule has 4 rings (SSSR count). The molecule has 0 saturated heterocycles. The largest absolute Gasteiger partial charge is 0.353 e. The predicted molar refractivity (Wildman–Crippen MR) is 93.5 cm³/mol. The summed E-state index contributed by atoms with van der Waals surface area (Å²) < 4.78 is 11.6. The Hall–Kier alpha value is -0.410. The number of ether oxygens (including phenoxy) is 2. The molecule has 0 aromatic carbocycles. The maximum Gasteiger partial charge on any atom is 0.167 e. The number of Topliss-reactive ketones (excluding diaryl/α,β-unsaturated/α-hetero) is 1. The van der Waals surface area contributed by atoms with Crippen LogP contribution in [-0.4, -0.2) is 25.8 Å². The number of ketones is 1. The number of fused-ring (bicyclic) bond motifs is 5. The smallest absolute Gasteiger partial charge is 0.167 e. The number of hydrogen-bond acceptors (Lipinski definition) is 3. The molecule has 0 heterocycles. The molecule has 0 bridgehead atoms. The third kappa shape index (κ3) is 2.13. The van der Waals surface area contributed by atoms with E-state index in [2.05, 4.69) is 13.8 Å². The summed E-state index contributed by atoms with van der Waals surface area (Å²) in [6, 6.07) is 0. The van der Waals surface area contributed by atoms with Crippen molar-refractivity contribution < 1.29 is 14.3 Å². The predicted octanol–water partition coefficient (Wildman–Crippen LogP) is 4.59. The molecule has 0 aromatic heterocycles. The number of methoxy groups -OCH3 is 2. The van der Waals surface area contributed by atoms with Gasteiger partial charge in [0.1, 0.15) is 5.78 Å². The minimum absolute atomic E-state index is 0.00183. The van der Waals surface area contributed by atoms with E-state index < -0.39 is 0 Å². The van der Waals surface area contributed by atoms with Gasteiger partial charge in [-0.1, -0.05) is 13.8 Å². The quantitative estimate of drug-likeness (QED) is 0.693. The van der Waals surface area contributed by atoms with Gasteiger partial charge in [-0.3, -0.25) is 4.79 Å². The fourth-order valence-corrected chi connectivity index (χ4v) is 7.42. The molecule has 0 spiro atoms. The van der Waals surface area contributed by atoms with Crippen LogP contribution < -0.4 is 0 Å². The Morgan fingerprint density at radius 1 is 0.917 bits per heavy atom. The van der Waals surface area contributed by atoms with E-state index in [0.29, 0.717) is 23.0 Å². The minimum Gasteiger partial charge on any atom is -0.353 e. The van der Waals surface area contributed by atoms with Crippen molar-refractivity contribution in [1.82, 2.24) is 0 Å². The lowest BCUT2D eigenvalue weighted by atomic mass is 9.45. The highest BCUT2D eigenvalue weighted by Crippen LogP contribution is 2.66. The van der Waals surface area contributed by atoms with Gasteiger partial charge in [0.15, 0.2) is 5.79 Å². The van der Waals surface area contributed by atoms with Crippen LogP contribution in [0.5, 0.6) is 0 Å². The number of hydrogen-bond donors (Lipinski definition) is 0. The fourth-order valence-electron chi connectivity index (χ4n) is 7.42. The van der Waals surface area contributed by atoms with Crippen molar-refractivity contribution in [2.75, 3.05) is 14.2 Å². The summed E-state index contributed by atoms with van der Waals surface area (Å²) in [5.74, 6) is 3.12. The molecule has 6 atom stereocenters. The lowest BCUT2D eigenvalue weighted by Crippen LogP contribution is -2.56. The van der Waals surface area contributed by atoms with Gasteiger partial charge < -0.3 is 9.47 Å². The zero-order valence-electron chi connectivity index (χ0n) is 15.9. The van der Waals surface area contributed by atoms with E-state index in [1.54, 1.807) is 14.2 Å². The van der Waals surface area contributed by atoms with Crippen LogP contribution in [0.4, 0.5) is 0 Å². The normalized spacial score (nSPS) is 50.1. The summed E-state index contributed by atoms with van der Waals surface area (Å²) in [6.07, 6.45) is 10.2. The van der Waals surface area contributed by atoms with Crippen LogP contribution in [0.1, 0.15) is 71.6 Å². The van der Waals surface area contributed by atoms with Crippen LogP contribution >= 0.6 is 0 Å². The molecule has 4 saturated carbocycles. The van der Waals surface area contributed by atoms with Crippen LogP contribution in [0.25, 0.3) is 0 Å². The Labute approximate surface area is 146 Å². The van der Waals surface area contributed by atoms with Crippen LogP contribution in [0, 0.1) is 34.5 Å². The van der Waals surface area contributed by atoms with E-state index in [1.165, 1.54) is 25.7 Å². The average Bonchev–Trinajstić information content (AvgIpc) is 2.90. The first-order valence-electron chi connectivity index (χ1n) is 10.0. The van der Waals surface area contributed by atoms with Gasteiger partial charge in [-0.25, -0.2) is 0 Å². The number of carbonyl (C=O) groups excluding carboxylic acids is 1. The van der Waals surface area contributed by atoms with Crippen LogP contribution in [0.15, 0.2) is 0 Å². The summed E-state index contributed by atoms with van der Waals surface area (Å²) in [7, 11) is 3.60. The minimum atomic E-state index is -0.358. The van der Waals surface area contributed by atoms with Crippen molar-refractivity contribution in [3.05, 3.63) is 0 Å². The standard InChI is InChI=1S/C21H34O3/c1-19-11-12-21(23-3,24-4)13-14(19)5-6-15-16-7-8-18(22)20(16,2)10-9-17(15)19/h14-17H,5-13H2,1-4H3/t14-,15+,16+,17-,19-,20-/m0/s1. The molecule has 4 aliphatic rings. The van der Waals surface area contributed by atoms with Crippen LogP contribution in [0.3, 0.4) is 0 Å². The Morgan fingerprint density at radius 2 is 1.67 bits per heavy atom. The Bertz CT molecular complexity index is 525. The zero-order chi connectivity index (χ0) is 17.2. The third-order valence-corrected chi connectivity index (χ3v) is 9.12. The van der Waals surface area contributed by atoms with E-state index in [0.717, 1.165) is 43.9 Å². The van der Waals surface area contributed by atoms with Gasteiger partial charge >= 0.3 is 0 Å². The highest BCUT2D eigenvalue weighted by atomic mass is 16.7. The molecule has 0 radical (unpaired) electrons. The maximum absolute atomic E-state index is 12.5. The molecule has 0 aliphatic heterocycles. The molecule has 3 heteroatoms. The second-order valence-electron chi connectivity index (χ2n) is 9.60. The monoisotopic (exact) mass is 334 g/mol. The Morgan fingerprint density at radius 3 is 2.38 bits per heavy atom. The Kier molecular flexibility index (Phi) is 3.93. The van der Waals surface area contributed by atoms with Crippen LogP contribution in [-0.2, 0) is 14.3 Å². The van der Waals surface area contributed by atoms with E-state index in [9.17, 15) is 4.79 Å². The van der Waals surface area contributed by atoms with Gasteiger partial charge in [-0.2, -0.15) is 0 Å². The highest BCUT2D eigenvalue weighted by molar-refractivity contribution is 5.87. The molecular weight excluding hydrogens is 300 g/mol. The Balaban J connectivity index is 1.60. The molecule has 3 nitrogen and oxygen atoms in total. The number of carbonyl (C=O) groups is 1. The molecule has 24 heavy (non-hydrogen) atoms. The summed E-state index contributed by atoms with van der Waals surface area (Å²) in [5, 5.41) is 0. The first-order chi connectivity index (χ1) is 11.4. The average molecular weight is 335 g/mol. The van der Waals surface area contributed by atoms with E-state index in [1.807, 2.05) is 0 Å². The van der Waals surface area contributed by atoms with Crippen molar-refractivity contribution in [1.29, 1.82) is 0 Å². The summed E-state index contributed by atoms with van der Waals surface area (Å²) in [4.78, 5) is 12.5. The lowest BCUT2D eigenvalue weighted by Gasteiger charge is -2.61. The van der Waals surface area contributed by atoms with E-state index in [-0.39, 0.29) is 11.2 Å². The molecule has 136 valence electrons. The fraction of sp³-hybridized carbons (Fsp3) is 0.952. The molecule has 0 amide bonds. The number of rotatable bonds is 2. The zero-order valence-corrected chi connectivity index (χ0v) is 15.9. The second-order valence-corrected chi connectivity index (χ2v) is 9.60. The summed E-state index contributed by atoms with van der Waals surface area (Å²) in [6.45, 7) is 4.82. The van der Waals surface area contributed by atoms with Crippen molar-refractivity contribution >= 4 is 5.78 Å². The molecular formula is C21H34O3. The van der Waals surface area contributed by atoms with Gasteiger partial charge in [0.2, 0.25) is 0 Å². The SMILES string of the molecule is COC1(OC)CC[C@@]2(C)[C@@H](CC[C@@H]3[C@H]4CCC(=O)[C@@]4(C)CC[C@@H]32)C1. The summed E-state index contributed by atoms with van der Waals surface area (Å²) in [5.41, 5.74) is 0.415. The van der Waals surface area contributed by atoms with Crippen LogP contribution in [0.2, 0.25) is 0 Å². The second kappa shape index (κ2) is 5.54. The van der Waals surface area contributed by atoms with E-state index in [4.69, 9.17) is 9.47 Å². The first kappa shape index (κ1) is 17.0. The van der Waals surface area contributed by atoms with Crippen molar-refractivity contribution in [2.45, 2.75) is 77.4 Å². The maximum atomic E-state index is 12.5.